The molecule has 148 valence electrons. The number of nitrogens with one attached hydrogen (secondary N) is 1. The molecule has 0 aromatic heterocycles. The fraction of sp³-hybridized carbons (Fsp3) is 0.333. The number of carbonyl (C=O) groups excluding carboxylic acids is 2. The van der Waals surface area contributed by atoms with E-state index in [0.29, 0.717) is 16.0 Å². The molecule has 1 aliphatic heterocycles. The van der Waals surface area contributed by atoms with Crippen molar-refractivity contribution in [1.29, 1.82) is 0 Å². The smallest absolute Gasteiger partial charge is 0.344 e. The Balaban J connectivity index is 1.37. The topological polar surface area (TPSA) is 64.6 Å². The molecule has 7 heteroatoms. The van der Waals surface area contributed by atoms with Gasteiger partial charge in [0.1, 0.15) is 5.75 Å². The number of carbonyl (C=O) groups is 2. The van der Waals surface area contributed by atoms with Crippen LogP contribution in [0.2, 0.25) is 0 Å². The van der Waals surface area contributed by atoms with Crippen LogP contribution in [0, 0.1) is 6.92 Å². The number of hydrogen-bond acceptors (Lipinski definition) is 6. The predicted octanol–water partition coefficient (Wildman–Crippen LogP) is 4.42. The fourth-order valence-electron chi connectivity index (χ4n) is 2.57. The maximum Gasteiger partial charge on any atom is 0.344 e. The molecule has 0 spiro atoms. The first-order valence-corrected chi connectivity index (χ1v) is 11.2. The maximum absolute atomic E-state index is 11.8. The molecule has 2 aromatic carbocycles. The molecule has 3 rings (SSSR count). The monoisotopic (exact) mass is 417 g/mol. The molecular weight excluding hydrogens is 394 g/mol. The highest BCUT2D eigenvalue weighted by molar-refractivity contribution is 8.16. The van der Waals surface area contributed by atoms with Crippen LogP contribution in [-0.4, -0.2) is 36.6 Å². The van der Waals surface area contributed by atoms with E-state index in [0.717, 1.165) is 5.56 Å². The number of benzene rings is 2. The van der Waals surface area contributed by atoms with E-state index in [1.54, 1.807) is 12.1 Å². The van der Waals surface area contributed by atoms with E-state index in [2.05, 4.69) is 5.32 Å². The van der Waals surface area contributed by atoms with Gasteiger partial charge in [-0.25, -0.2) is 4.79 Å². The zero-order valence-corrected chi connectivity index (χ0v) is 17.3. The van der Waals surface area contributed by atoms with Crippen LogP contribution in [0.5, 0.6) is 5.75 Å². The minimum absolute atomic E-state index is 0.232. The Morgan fingerprint density at radius 1 is 1.00 bits per heavy atom. The number of anilines is 1. The van der Waals surface area contributed by atoms with Crippen LogP contribution in [0.4, 0.5) is 5.69 Å². The molecule has 0 radical (unpaired) electrons. The molecule has 2 aromatic rings. The third-order valence-corrected chi connectivity index (χ3v) is 7.05. The summed E-state index contributed by atoms with van der Waals surface area (Å²) >= 11 is 3.92. The van der Waals surface area contributed by atoms with Gasteiger partial charge in [0.25, 0.3) is 5.91 Å². The average Bonchev–Trinajstić information content (AvgIpc) is 2.73. The third-order valence-electron chi connectivity index (χ3n) is 4.04. The highest BCUT2D eigenvalue weighted by Crippen LogP contribution is 2.43. The second-order valence-electron chi connectivity index (χ2n) is 6.36. The zero-order valence-electron chi connectivity index (χ0n) is 15.7. The highest BCUT2D eigenvalue weighted by atomic mass is 32.2. The van der Waals surface area contributed by atoms with E-state index in [4.69, 9.17) is 9.47 Å². The molecule has 1 fully saturated rings. The van der Waals surface area contributed by atoms with Crippen LogP contribution in [0.15, 0.2) is 48.5 Å². The van der Waals surface area contributed by atoms with E-state index in [1.807, 2.05) is 66.8 Å². The molecule has 0 saturated carbocycles. The van der Waals surface area contributed by atoms with Crippen LogP contribution < -0.4 is 10.1 Å². The summed E-state index contributed by atoms with van der Waals surface area (Å²) in [5.74, 6) is 2.03. The summed E-state index contributed by atoms with van der Waals surface area (Å²) in [4.78, 5) is 23.6. The van der Waals surface area contributed by atoms with E-state index >= 15 is 0 Å². The summed E-state index contributed by atoms with van der Waals surface area (Å²) in [5.41, 5.74) is 3.03. The van der Waals surface area contributed by atoms with Gasteiger partial charge < -0.3 is 14.8 Å². The molecule has 1 heterocycles. The van der Waals surface area contributed by atoms with Gasteiger partial charge in [-0.1, -0.05) is 29.8 Å². The van der Waals surface area contributed by atoms with E-state index in [1.165, 1.54) is 23.5 Å². The number of rotatable bonds is 7. The van der Waals surface area contributed by atoms with Gasteiger partial charge in [-0.2, -0.15) is 0 Å². The summed E-state index contributed by atoms with van der Waals surface area (Å²) in [5, 5.41) is 2.67. The molecule has 1 saturated heterocycles. The van der Waals surface area contributed by atoms with Gasteiger partial charge in [-0.15, -0.1) is 23.5 Å². The van der Waals surface area contributed by atoms with Crippen molar-refractivity contribution >= 4 is 41.1 Å². The fourth-order valence-corrected chi connectivity index (χ4v) is 5.46. The lowest BCUT2D eigenvalue weighted by Crippen LogP contribution is -2.23. The molecule has 0 bridgehead atoms. The van der Waals surface area contributed by atoms with E-state index in [-0.39, 0.29) is 19.1 Å². The predicted molar refractivity (Wildman–Crippen MR) is 115 cm³/mol. The Hall–Kier alpha value is -2.12. The van der Waals surface area contributed by atoms with Crippen molar-refractivity contribution in [3.8, 4) is 5.75 Å². The Morgan fingerprint density at radius 3 is 2.36 bits per heavy atom. The maximum atomic E-state index is 11.8. The molecule has 5 nitrogen and oxygen atoms in total. The molecule has 0 unspecified atom stereocenters. The third kappa shape index (κ3) is 6.49. The van der Waals surface area contributed by atoms with Crippen molar-refractivity contribution in [1.82, 2.24) is 0 Å². The molecule has 1 aliphatic rings. The largest absolute Gasteiger partial charge is 0.482 e. The lowest BCUT2D eigenvalue weighted by Gasteiger charge is -2.21. The number of thioether (sulfide) groups is 2. The van der Waals surface area contributed by atoms with Crippen molar-refractivity contribution in [3.05, 3.63) is 59.7 Å². The zero-order chi connectivity index (χ0) is 19.8. The van der Waals surface area contributed by atoms with Crippen molar-refractivity contribution in [2.75, 3.05) is 30.0 Å². The number of amides is 1. The van der Waals surface area contributed by atoms with Crippen LogP contribution in [0.25, 0.3) is 0 Å². The molecule has 0 aliphatic carbocycles. The number of ether oxygens (including phenoxy) is 2. The SMILES string of the molecule is Cc1ccc(NC(=O)COC(=O)COc2ccc(C3SCCCS3)cc2)cc1. The Bertz CT molecular complexity index is 787. The minimum atomic E-state index is -0.582. The first-order chi connectivity index (χ1) is 13.6. The molecule has 1 amide bonds. The lowest BCUT2D eigenvalue weighted by molar-refractivity contribution is -0.149. The van der Waals surface area contributed by atoms with Gasteiger partial charge in [0.05, 0.1) is 4.58 Å². The van der Waals surface area contributed by atoms with Gasteiger partial charge >= 0.3 is 5.97 Å². The lowest BCUT2D eigenvalue weighted by atomic mass is 10.2. The molecule has 1 N–H and O–H groups in total. The summed E-state index contributed by atoms with van der Waals surface area (Å²) in [6, 6.07) is 15.2. The van der Waals surface area contributed by atoms with Crippen LogP contribution in [-0.2, 0) is 14.3 Å². The van der Waals surface area contributed by atoms with Gasteiger partial charge in [0.2, 0.25) is 0 Å². The van der Waals surface area contributed by atoms with Crippen LogP contribution >= 0.6 is 23.5 Å². The first kappa shape index (κ1) is 20.6. The minimum Gasteiger partial charge on any atom is -0.482 e. The average molecular weight is 418 g/mol. The summed E-state index contributed by atoms with van der Waals surface area (Å²) < 4.78 is 10.9. The van der Waals surface area contributed by atoms with Crippen molar-refractivity contribution < 1.29 is 19.1 Å². The quantitative estimate of drug-likeness (QED) is 0.673. The first-order valence-electron chi connectivity index (χ1n) is 9.08. The van der Waals surface area contributed by atoms with Crippen molar-refractivity contribution in [2.24, 2.45) is 0 Å². The molecule has 28 heavy (non-hydrogen) atoms. The Labute approximate surface area is 173 Å². The van der Waals surface area contributed by atoms with Crippen LogP contribution in [0.3, 0.4) is 0 Å². The van der Waals surface area contributed by atoms with E-state index < -0.39 is 5.97 Å². The summed E-state index contributed by atoms with van der Waals surface area (Å²) in [7, 11) is 0. The second kappa shape index (κ2) is 10.4. The Morgan fingerprint density at radius 2 is 1.68 bits per heavy atom. The standard InChI is InChI=1S/C21H23NO4S2/c1-15-3-7-17(8-4-15)22-19(23)13-26-20(24)14-25-18-9-5-16(6-10-18)21-27-11-2-12-28-21/h3-10,21H,2,11-14H2,1H3,(H,22,23). The normalized spacial score (nSPS) is 14.3. The van der Waals surface area contributed by atoms with Crippen molar-refractivity contribution in [2.45, 2.75) is 17.9 Å². The molecule has 0 atom stereocenters. The second-order valence-corrected chi connectivity index (χ2v) is 9.08. The number of esters is 1. The van der Waals surface area contributed by atoms with E-state index in [9.17, 15) is 9.59 Å². The summed E-state index contributed by atoms with van der Waals surface area (Å²) in [6.45, 7) is 1.39. The van der Waals surface area contributed by atoms with Crippen LogP contribution in [0.1, 0.15) is 22.1 Å². The Kier molecular flexibility index (Phi) is 7.68. The van der Waals surface area contributed by atoms with Gasteiger partial charge in [0.15, 0.2) is 13.2 Å². The summed E-state index contributed by atoms with van der Waals surface area (Å²) in [6.07, 6.45) is 1.26. The van der Waals surface area contributed by atoms with Crippen molar-refractivity contribution in [3.63, 3.8) is 0 Å². The molecular formula is C21H23NO4S2. The number of aryl methyl sites for hydroxylation is 1. The van der Waals surface area contributed by atoms with Gasteiger partial charge in [0, 0.05) is 5.69 Å². The number of hydrogen-bond donors (Lipinski definition) is 1. The van der Waals surface area contributed by atoms with Gasteiger partial charge in [-0.05, 0) is 54.7 Å². The van der Waals surface area contributed by atoms with Gasteiger partial charge in [-0.3, -0.25) is 4.79 Å². The highest BCUT2D eigenvalue weighted by Gasteiger charge is 2.16.